The lowest BCUT2D eigenvalue weighted by Gasteiger charge is -2.30. The predicted molar refractivity (Wildman–Crippen MR) is 114 cm³/mol. The lowest BCUT2D eigenvalue weighted by atomic mass is 10.0. The van der Waals surface area contributed by atoms with E-state index in [-0.39, 0.29) is 11.6 Å². The molecule has 2 aliphatic rings. The predicted octanol–water partition coefficient (Wildman–Crippen LogP) is 4.39. The van der Waals surface area contributed by atoms with Gasteiger partial charge < -0.3 is 4.90 Å². The molecular weight excluding hydrogens is 368 g/mol. The van der Waals surface area contributed by atoms with Gasteiger partial charge in [-0.15, -0.1) is 0 Å². The molecule has 0 saturated carbocycles. The number of carbonyl (C=O) groups is 1. The molecule has 0 spiro atoms. The van der Waals surface area contributed by atoms with Crippen LogP contribution >= 0.6 is 0 Å². The minimum absolute atomic E-state index is 0.0116. The molecular formula is C22H22N4O3. The number of nitro benzene ring substituents is 1. The molecule has 0 N–H and O–H groups in total. The van der Waals surface area contributed by atoms with Crippen molar-refractivity contribution in [3.8, 4) is 0 Å². The Morgan fingerprint density at radius 3 is 2.48 bits per heavy atom. The highest BCUT2D eigenvalue weighted by atomic mass is 16.6. The summed E-state index contributed by atoms with van der Waals surface area (Å²) in [6, 6.07) is 14.1. The van der Waals surface area contributed by atoms with Gasteiger partial charge in [0.05, 0.1) is 21.9 Å². The maximum atomic E-state index is 13.0. The van der Waals surface area contributed by atoms with Crippen LogP contribution < -0.4 is 9.91 Å². The summed E-state index contributed by atoms with van der Waals surface area (Å²) in [5.41, 5.74) is 3.34. The zero-order valence-corrected chi connectivity index (χ0v) is 16.2. The second kappa shape index (κ2) is 7.87. The van der Waals surface area contributed by atoms with Crippen molar-refractivity contribution < 1.29 is 9.72 Å². The molecule has 2 aromatic carbocycles. The van der Waals surface area contributed by atoms with Crippen LogP contribution in [0.25, 0.3) is 6.08 Å². The Morgan fingerprint density at radius 1 is 1.07 bits per heavy atom. The minimum Gasteiger partial charge on any atom is -0.371 e. The maximum Gasteiger partial charge on any atom is 0.280 e. The van der Waals surface area contributed by atoms with Crippen molar-refractivity contribution in [2.24, 2.45) is 5.10 Å². The van der Waals surface area contributed by atoms with Gasteiger partial charge in [0.25, 0.3) is 11.6 Å². The highest BCUT2D eigenvalue weighted by Crippen LogP contribution is 2.32. The smallest absolute Gasteiger partial charge is 0.280 e. The van der Waals surface area contributed by atoms with Crippen LogP contribution in [0.15, 0.2) is 59.2 Å². The van der Waals surface area contributed by atoms with Crippen LogP contribution in [0.2, 0.25) is 0 Å². The molecule has 148 valence electrons. The quantitative estimate of drug-likeness (QED) is 0.441. The van der Waals surface area contributed by atoms with Gasteiger partial charge in [-0.25, -0.2) is 0 Å². The van der Waals surface area contributed by atoms with Crippen molar-refractivity contribution in [3.05, 3.63) is 69.8 Å². The molecule has 0 aliphatic carbocycles. The molecule has 1 fully saturated rings. The van der Waals surface area contributed by atoms with Crippen LogP contribution in [0, 0.1) is 10.1 Å². The highest BCUT2D eigenvalue weighted by Gasteiger charge is 2.29. The molecule has 0 bridgehead atoms. The van der Waals surface area contributed by atoms with E-state index in [1.807, 2.05) is 30.3 Å². The number of hydrogen-bond donors (Lipinski definition) is 0. The average Bonchev–Trinajstić information content (AvgIpc) is 3.03. The fourth-order valence-corrected chi connectivity index (χ4v) is 3.78. The van der Waals surface area contributed by atoms with Crippen molar-refractivity contribution in [2.75, 3.05) is 23.0 Å². The first-order chi connectivity index (χ1) is 14.0. The Labute approximate surface area is 169 Å². The summed E-state index contributed by atoms with van der Waals surface area (Å²) >= 11 is 0. The first kappa shape index (κ1) is 18.9. The van der Waals surface area contributed by atoms with Crippen molar-refractivity contribution >= 4 is 34.8 Å². The summed E-state index contributed by atoms with van der Waals surface area (Å²) < 4.78 is 0. The lowest BCUT2D eigenvalue weighted by molar-refractivity contribution is -0.384. The van der Waals surface area contributed by atoms with Gasteiger partial charge >= 0.3 is 0 Å². The summed E-state index contributed by atoms with van der Waals surface area (Å²) in [4.78, 5) is 26.2. The summed E-state index contributed by atoms with van der Waals surface area (Å²) in [5.74, 6) is -0.232. The van der Waals surface area contributed by atoms with Crippen LogP contribution in [0.3, 0.4) is 0 Å². The van der Waals surface area contributed by atoms with Crippen molar-refractivity contribution in [1.29, 1.82) is 0 Å². The zero-order chi connectivity index (χ0) is 20.4. The number of amides is 1. The summed E-state index contributed by atoms with van der Waals surface area (Å²) in [7, 11) is 0. The summed E-state index contributed by atoms with van der Waals surface area (Å²) in [6.07, 6.45) is 5.11. The average molecular weight is 390 g/mol. The van der Waals surface area contributed by atoms with E-state index in [0.717, 1.165) is 31.6 Å². The summed E-state index contributed by atoms with van der Waals surface area (Å²) in [6.45, 7) is 3.60. The third-order valence-corrected chi connectivity index (χ3v) is 5.28. The number of carbonyl (C=O) groups excluding carboxylic acids is 1. The third-order valence-electron chi connectivity index (χ3n) is 5.28. The molecule has 2 aliphatic heterocycles. The van der Waals surface area contributed by atoms with Crippen LogP contribution in [-0.2, 0) is 4.79 Å². The molecule has 7 nitrogen and oxygen atoms in total. The van der Waals surface area contributed by atoms with E-state index in [1.165, 1.54) is 17.5 Å². The topological polar surface area (TPSA) is 79.0 Å². The van der Waals surface area contributed by atoms with E-state index in [2.05, 4.69) is 10.0 Å². The Kier molecular flexibility index (Phi) is 5.12. The van der Waals surface area contributed by atoms with E-state index >= 15 is 0 Å². The number of piperidine rings is 1. The molecule has 2 heterocycles. The largest absolute Gasteiger partial charge is 0.371 e. The highest BCUT2D eigenvalue weighted by molar-refractivity contribution is 6.32. The molecule has 29 heavy (non-hydrogen) atoms. The molecule has 0 radical (unpaired) electrons. The van der Waals surface area contributed by atoms with Crippen molar-refractivity contribution in [2.45, 2.75) is 26.2 Å². The monoisotopic (exact) mass is 390 g/mol. The minimum atomic E-state index is -0.407. The third kappa shape index (κ3) is 3.76. The van der Waals surface area contributed by atoms with Crippen LogP contribution in [-0.4, -0.2) is 29.6 Å². The Morgan fingerprint density at radius 2 is 1.79 bits per heavy atom. The first-order valence-electron chi connectivity index (χ1n) is 9.75. The fourth-order valence-electron chi connectivity index (χ4n) is 3.78. The van der Waals surface area contributed by atoms with Gasteiger partial charge in [0.1, 0.15) is 0 Å². The molecule has 1 amide bonds. The van der Waals surface area contributed by atoms with Crippen molar-refractivity contribution in [1.82, 2.24) is 0 Å². The van der Waals surface area contributed by atoms with Gasteiger partial charge in [-0.05, 0) is 50.5 Å². The fraction of sp³-hybridized carbons (Fsp3) is 0.273. The molecule has 0 atom stereocenters. The lowest BCUT2D eigenvalue weighted by Crippen LogP contribution is -2.30. The number of para-hydroxylation sites is 1. The zero-order valence-electron chi connectivity index (χ0n) is 16.2. The number of anilines is 2. The molecule has 2 aromatic rings. The molecule has 4 rings (SSSR count). The number of hydrazone groups is 1. The second-order valence-electron chi connectivity index (χ2n) is 7.24. The van der Waals surface area contributed by atoms with Crippen molar-refractivity contribution in [3.63, 3.8) is 0 Å². The maximum absolute atomic E-state index is 13.0. The molecule has 0 unspecified atom stereocenters. The Bertz CT molecular complexity index is 1010. The molecule has 1 saturated heterocycles. The van der Waals surface area contributed by atoms with Crippen LogP contribution in [0.5, 0.6) is 0 Å². The van der Waals surface area contributed by atoms with E-state index < -0.39 is 4.92 Å². The van der Waals surface area contributed by atoms with E-state index in [0.29, 0.717) is 22.5 Å². The van der Waals surface area contributed by atoms with Gasteiger partial charge in [-0.2, -0.15) is 10.1 Å². The van der Waals surface area contributed by atoms with E-state index in [1.54, 1.807) is 25.1 Å². The SMILES string of the molecule is CC1=NN(c2ccccc2)C(=O)/C1=C\c1cc([N+](=O)[O-])ccc1N1CCCCC1. The number of hydrogen-bond acceptors (Lipinski definition) is 5. The van der Waals surface area contributed by atoms with Gasteiger partial charge in [-0.3, -0.25) is 14.9 Å². The standard InChI is InChI=1S/C22H22N4O3/c1-16-20(22(27)25(23-16)18-8-4-2-5-9-18)15-17-14-19(26(28)29)10-11-21(17)24-12-6-3-7-13-24/h2,4-5,8-11,14-15H,3,6-7,12-13H2,1H3/b20-15-. The summed E-state index contributed by atoms with van der Waals surface area (Å²) in [5, 5.41) is 17.1. The van der Waals surface area contributed by atoms with Gasteiger partial charge in [-0.1, -0.05) is 18.2 Å². The Hall–Kier alpha value is -3.48. The van der Waals surface area contributed by atoms with Crippen LogP contribution in [0.4, 0.5) is 17.1 Å². The van der Waals surface area contributed by atoms with Gasteiger partial charge in [0.2, 0.25) is 0 Å². The number of nitro groups is 1. The second-order valence-corrected chi connectivity index (χ2v) is 7.24. The van der Waals surface area contributed by atoms with E-state index in [4.69, 9.17) is 0 Å². The molecule has 0 aromatic heterocycles. The number of nitrogens with zero attached hydrogens (tertiary/aromatic N) is 4. The van der Waals surface area contributed by atoms with Crippen LogP contribution in [0.1, 0.15) is 31.7 Å². The first-order valence-corrected chi connectivity index (χ1v) is 9.75. The normalized spacial score (nSPS) is 18.3. The Balaban J connectivity index is 1.74. The van der Waals surface area contributed by atoms with Gasteiger partial charge in [0, 0.05) is 36.5 Å². The van der Waals surface area contributed by atoms with Gasteiger partial charge in [0.15, 0.2) is 0 Å². The number of non-ortho nitro benzene ring substituents is 1. The van der Waals surface area contributed by atoms with E-state index in [9.17, 15) is 14.9 Å². The number of benzene rings is 2. The number of rotatable bonds is 4. The molecule has 7 heteroatoms.